The predicted octanol–water partition coefficient (Wildman–Crippen LogP) is 2.88. The van der Waals surface area contributed by atoms with Gasteiger partial charge in [-0.3, -0.25) is 0 Å². The molecule has 2 aliphatic carbocycles. The second-order valence-corrected chi connectivity index (χ2v) is 5.45. The summed E-state index contributed by atoms with van der Waals surface area (Å²) in [7, 11) is 0. The predicted molar refractivity (Wildman–Crippen MR) is 72.2 cm³/mol. The fourth-order valence-electron chi connectivity index (χ4n) is 2.63. The molecule has 2 saturated carbocycles. The van der Waals surface area contributed by atoms with E-state index in [1.807, 2.05) is 0 Å². The minimum Gasteiger partial charge on any atom is -0.384 e. The van der Waals surface area contributed by atoms with Gasteiger partial charge in [-0.15, -0.1) is 0 Å². The third-order valence-electron chi connectivity index (χ3n) is 3.87. The van der Waals surface area contributed by atoms with Crippen LogP contribution >= 0.6 is 0 Å². The first kappa shape index (κ1) is 11.1. The molecule has 0 heterocycles. The van der Waals surface area contributed by atoms with Crippen LogP contribution in [0.4, 0.5) is 5.69 Å². The van der Waals surface area contributed by atoms with Crippen molar-refractivity contribution in [2.45, 2.75) is 31.7 Å². The molecule has 0 aromatic heterocycles. The number of para-hydroxylation sites is 1. The van der Waals surface area contributed by atoms with Crippen LogP contribution in [0.3, 0.4) is 0 Å². The van der Waals surface area contributed by atoms with E-state index in [9.17, 15) is 0 Å². The summed E-state index contributed by atoms with van der Waals surface area (Å²) in [6, 6.07) is 11.3. The van der Waals surface area contributed by atoms with Crippen LogP contribution in [0.2, 0.25) is 0 Å². The average Bonchev–Trinajstić information content (AvgIpc) is 3.24. The lowest BCUT2D eigenvalue weighted by Gasteiger charge is -2.18. The molecule has 0 amide bonds. The zero-order chi connectivity index (χ0) is 11.5. The van der Waals surface area contributed by atoms with Gasteiger partial charge >= 0.3 is 0 Å². The third kappa shape index (κ3) is 3.22. The number of benzene rings is 1. The van der Waals surface area contributed by atoms with E-state index in [0.717, 1.165) is 31.0 Å². The molecule has 0 aliphatic heterocycles. The number of anilines is 1. The molecule has 2 N–H and O–H groups in total. The van der Waals surface area contributed by atoms with Gasteiger partial charge in [-0.1, -0.05) is 18.2 Å². The number of nitrogens with one attached hydrogen (secondary N) is 2. The Morgan fingerprint density at radius 2 is 1.59 bits per heavy atom. The number of hydrogen-bond donors (Lipinski definition) is 2. The summed E-state index contributed by atoms with van der Waals surface area (Å²) in [4.78, 5) is 0. The Hall–Kier alpha value is -1.02. The molecular weight excluding hydrogens is 208 g/mol. The van der Waals surface area contributed by atoms with Crippen LogP contribution in [0.1, 0.15) is 25.7 Å². The van der Waals surface area contributed by atoms with Gasteiger partial charge < -0.3 is 10.6 Å². The van der Waals surface area contributed by atoms with Gasteiger partial charge in [-0.2, -0.15) is 0 Å². The van der Waals surface area contributed by atoms with Gasteiger partial charge in [-0.05, 0) is 49.7 Å². The summed E-state index contributed by atoms with van der Waals surface area (Å²) < 4.78 is 0. The molecule has 1 aromatic rings. The van der Waals surface area contributed by atoms with Crippen LogP contribution < -0.4 is 10.6 Å². The van der Waals surface area contributed by atoms with Crippen LogP contribution in [0, 0.1) is 11.8 Å². The van der Waals surface area contributed by atoms with Crippen molar-refractivity contribution in [2.24, 2.45) is 11.8 Å². The highest BCUT2D eigenvalue weighted by atomic mass is 15.0. The van der Waals surface area contributed by atoms with E-state index < -0.39 is 0 Å². The lowest BCUT2D eigenvalue weighted by Crippen LogP contribution is -2.36. The van der Waals surface area contributed by atoms with Crippen LogP contribution in [0.25, 0.3) is 0 Å². The number of rotatable bonds is 7. The molecule has 0 atom stereocenters. The van der Waals surface area contributed by atoms with Gasteiger partial charge in [0.15, 0.2) is 0 Å². The van der Waals surface area contributed by atoms with E-state index >= 15 is 0 Å². The maximum atomic E-state index is 3.75. The quantitative estimate of drug-likeness (QED) is 0.704. The van der Waals surface area contributed by atoms with Gasteiger partial charge in [0.2, 0.25) is 0 Å². The van der Waals surface area contributed by atoms with E-state index in [2.05, 4.69) is 41.0 Å². The third-order valence-corrected chi connectivity index (χ3v) is 3.87. The highest BCUT2D eigenvalue weighted by Gasteiger charge is 2.40. The maximum Gasteiger partial charge on any atom is 0.0340 e. The Morgan fingerprint density at radius 3 is 2.18 bits per heavy atom. The zero-order valence-electron chi connectivity index (χ0n) is 10.4. The molecule has 17 heavy (non-hydrogen) atoms. The molecule has 0 spiro atoms. The molecule has 2 aliphatic rings. The minimum absolute atomic E-state index is 0.826. The summed E-state index contributed by atoms with van der Waals surface area (Å²) in [6.07, 6.45) is 5.83. The van der Waals surface area contributed by atoms with Crippen LogP contribution in [0.15, 0.2) is 30.3 Å². The van der Waals surface area contributed by atoms with E-state index in [0.29, 0.717) is 0 Å². The lowest BCUT2D eigenvalue weighted by molar-refractivity contribution is 0.424. The fourth-order valence-corrected chi connectivity index (χ4v) is 2.63. The van der Waals surface area contributed by atoms with Crippen LogP contribution in [0.5, 0.6) is 0 Å². The van der Waals surface area contributed by atoms with E-state index in [4.69, 9.17) is 0 Å². The van der Waals surface area contributed by atoms with Gasteiger partial charge in [0.25, 0.3) is 0 Å². The first-order valence-corrected chi connectivity index (χ1v) is 6.96. The van der Waals surface area contributed by atoms with Crippen molar-refractivity contribution in [2.75, 3.05) is 18.4 Å². The zero-order valence-corrected chi connectivity index (χ0v) is 10.4. The van der Waals surface area contributed by atoms with Crippen molar-refractivity contribution in [3.8, 4) is 0 Å². The molecule has 0 unspecified atom stereocenters. The van der Waals surface area contributed by atoms with Crippen molar-refractivity contribution in [1.29, 1.82) is 0 Å². The Morgan fingerprint density at radius 1 is 0.941 bits per heavy atom. The summed E-state index contributed by atoms with van der Waals surface area (Å²) in [5.41, 5.74) is 1.23. The monoisotopic (exact) mass is 230 g/mol. The molecule has 0 saturated heterocycles. The summed E-state index contributed by atoms with van der Waals surface area (Å²) in [5.74, 6) is 2.00. The van der Waals surface area contributed by atoms with Crippen LogP contribution in [-0.2, 0) is 0 Å². The van der Waals surface area contributed by atoms with Gasteiger partial charge in [0.1, 0.15) is 0 Å². The first-order chi connectivity index (χ1) is 8.43. The van der Waals surface area contributed by atoms with Gasteiger partial charge in [0, 0.05) is 24.8 Å². The van der Waals surface area contributed by atoms with E-state index in [1.165, 1.54) is 31.4 Å². The Bertz CT molecular complexity index is 329. The lowest BCUT2D eigenvalue weighted by atomic mass is 10.1. The Kier molecular flexibility index (Phi) is 3.32. The van der Waals surface area contributed by atoms with Crippen molar-refractivity contribution >= 4 is 5.69 Å². The van der Waals surface area contributed by atoms with Gasteiger partial charge in [0.05, 0.1) is 0 Å². The summed E-state index contributed by atoms with van der Waals surface area (Å²) in [5, 5.41) is 7.21. The van der Waals surface area contributed by atoms with Crippen molar-refractivity contribution in [3.63, 3.8) is 0 Å². The topological polar surface area (TPSA) is 24.1 Å². The molecule has 0 bridgehead atoms. The van der Waals surface area contributed by atoms with E-state index in [-0.39, 0.29) is 0 Å². The second-order valence-electron chi connectivity index (χ2n) is 5.45. The van der Waals surface area contributed by atoms with Gasteiger partial charge in [-0.25, -0.2) is 0 Å². The number of hydrogen-bond acceptors (Lipinski definition) is 2. The Balaban J connectivity index is 1.37. The molecule has 2 fully saturated rings. The molecule has 0 radical (unpaired) electrons. The van der Waals surface area contributed by atoms with Crippen molar-refractivity contribution < 1.29 is 0 Å². The largest absolute Gasteiger partial charge is 0.384 e. The summed E-state index contributed by atoms with van der Waals surface area (Å²) >= 11 is 0. The maximum absolute atomic E-state index is 3.75. The molecule has 92 valence electrons. The highest BCUT2D eigenvalue weighted by molar-refractivity contribution is 5.42. The minimum atomic E-state index is 0.826. The van der Waals surface area contributed by atoms with Crippen molar-refractivity contribution in [3.05, 3.63) is 30.3 Å². The molecular formula is C15H22N2. The Labute approximate surface area is 104 Å². The molecule has 2 nitrogen and oxygen atoms in total. The average molecular weight is 230 g/mol. The van der Waals surface area contributed by atoms with E-state index in [1.54, 1.807) is 0 Å². The highest BCUT2D eigenvalue weighted by Crippen LogP contribution is 2.44. The fraction of sp³-hybridized carbons (Fsp3) is 0.600. The SMILES string of the molecule is c1ccc(NCCNC(C2CC2)C2CC2)cc1. The first-order valence-electron chi connectivity index (χ1n) is 6.96. The standard InChI is InChI=1S/C15H22N2/c1-2-4-14(5-3-1)16-10-11-17-15(12-6-7-12)13-8-9-13/h1-5,12-13,15-17H,6-11H2. The van der Waals surface area contributed by atoms with Crippen LogP contribution in [-0.4, -0.2) is 19.1 Å². The second kappa shape index (κ2) is 5.09. The normalized spacial score (nSPS) is 19.6. The molecule has 1 aromatic carbocycles. The molecule has 3 rings (SSSR count). The molecule has 2 heteroatoms. The summed E-state index contributed by atoms with van der Waals surface area (Å²) in [6.45, 7) is 2.12. The smallest absolute Gasteiger partial charge is 0.0340 e. The van der Waals surface area contributed by atoms with Crippen molar-refractivity contribution in [1.82, 2.24) is 5.32 Å².